The molecule has 5 rings (SSSR count). The van der Waals surface area contributed by atoms with Gasteiger partial charge in [-0.25, -0.2) is 15.0 Å². The van der Waals surface area contributed by atoms with Gasteiger partial charge in [-0.1, -0.05) is 32.0 Å². The largest absolute Gasteiger partial charge is 0.383 e. The summed E-state index contributed by atoms with van der Waals surface area (Å²) in [6.45, 7) is 8.19. The molecule has 4 heterocycles. The Balaban J connectivity index is 1.61. The summed E-state index contributed by atoms with van der Waals surface area (Å²) in [5.74, 6) is 2.64. The van der Waals surface area contributed by atoms with Gasteiger partial charge in [0.05, 0.1) is 11.1 Å². The third kappa shape index (κ3) is 3.50. The number of anilines is 3. The van der Waals surface area contributed by atoms with E-state index in [2.05, 4.69) is 63.9 Å². The Labute approximate surface area is 183 Å². The number of pyridine rings is 1. The zero-order chi connectivity index (χ0) is 21.4. The van der Waals surface area contributed by atoms with E-state index in [9.17, 15) is 0 Å². The minimum atomic E-state index is 0.578. The van der Waals surface area contributed by atoms with Crippen LogP contribution in [-0.2, 0) is 6.54 Å². The standard InChI is InChI=1S/C25H30N6/c1-3-17-14-31(25-22(20(17)4-2)23(26)27-16-28-25)15-19-13-18-9-5-6-10-21(18)29-24(19)30-11-7-8-12-30/h5-6,9-10,13,16H,3-4,7-8,11-12,14-15H2,1-2H3,(H2,26,27,28). The molecule has 0 radical (unpaired) electrons. The van der Waals surface area contributed by atoms with Crippen LogP contribution in [0.15, 0.2) is 42.2 Å². The van der Waals surface area contributed by atoms with Crippen molar-refractivity contribution in [2.24, 2.45) is 0 Å². The third-order valence-corrected chi connectivity index (χ3v) is 6.59. The highest BCUT2D eigenvalue weighted by Gasteiger charge is 2.28. The number of benzene rings is 1. The zero-order valence-corrected chi connectivity index (χ0v) is 18.4. The first-order valence-corrected chi connectivity index (χ1v) is 11.4. The van der Waals surface area contributed by atoms with Crippen molar-refractivity contribution in [2.45, 2.75) is 46.1 Å². The van der Waals surface area contributed by atoms with Gasteiger partial charge in [0, 0.05) is 37.1 Å². The van der Waals surface area contributed by atoms with Crippen LogP contribution in [0.25, 0.3) is 16.5 Å². The van der Waals surface area contributed by atoms with Crippen molar-refractivity contribution < 1.29 is 0 Å². The minimum Gasteiger partial charge on any atom is -0.383 e. The predicted molar refractivity (Wildman–Crippen MR) is 128 cm³/mol. The molecule has 0 bridgehead atoms. The minimum absolute atomic E-state index is 0.578. The molecule has 31 heavy (non-hydrogen) atoms. The molecule has 6 heteroatoms. The predicted octanol–water partition coefficient (Wildman–Crippen LogP) is 4.80. The van der Waals surface area contributed by atoms with Crippen molar-refractivity contribution in [3.05, 3.63) is 53.4 Å². The van der Waals surface area contributed by atoms with Gasteiger partial charge in [0.15, 0.2) is 0 Å². The summed E-state index contributed by atoms with van der Waals surface area (Å²) in [6, 6.07) is 10.7. The molecule has 2 aliphatic rings. The summed E-state index contributed by atoms with van der Waals surface area (Å²) in [5.41, 5.74) is 12.4. The first-order valence-electron chi connectivity index (χ1n) is 11.4. The van der Waals surface area contributed by atoms with E-state index >= 15 is 0 Å². The Morgan fingerprint density at radius 2 is 1.81 bits per heavy atom. The van der Waals surface area contributed by atoms with Gasteiger partial charge in [-0.2, -0.15) is 0 Å². The topological polar surface area (TPSA) is 71.2 Å². The van der Waals surface area contributed by atoms with Crippen molar-refractivity contribution in [1.82, 2.24) is 15.0 Å². The van der Waals surface area contributed by atoms with Crippen LogP contribution in [0.2, 0.25) is 0 Å². The summed E-state index contributed by atoms with van der Waals surface area (Å²) >= 11 is 0. The molecule has 0 aliphatic carbocycles. The summed E-state index contributed by atoms with van der Waals surface area (Å²) < 4.78 is 0. The van der Waals surface area contributed by atoms with E-state index in [1.807, 2.05) is 0 Å². The Kier molecular flexibility index (Phi) is 5.22. The number of para-hydroxylation sites is 1. The van der Waals surface area contributed by atoms with Crippen LogP contribution in [-0.4, -0.2) is 34.6 Å². The Morgan fingerprint density at radius 1 is 1.00 bits per heavy atom. The molecule has 160 valence electrons. The van der Waals surface area contributed by atoms with Crippen LogP contribution in [0.1, 0.15) is 50.7 Å². The fourth-order valence-corrected chi connectivity index (χ4v) is 5.05. The lowest BCUT2D eigenvalue weighted by atomic mass is 9.92. The smallest absolute Gasteiger partial charge is 0.142 e. The first kappa shape index (κ1) is 19.8. The molecule has 3 aromatic rings. The Hall–Kier alpha value is -3.15. The fourth-order valence-electron chi connectivity index (χ4n) is 5.05. The average Bonchev–Trinajstić information content (AvgIpc) is 3.33. The third-order valence-electron chi connectivity index (χ3n) is 6.59. The highest BCUT2D eigenvalue weighted by Crippen LogP contribution is 2.40. The molecule has 6 nitrogen and oxygen atoms in total. The van der Waals surface area contributed by atoms with Crippen LogP contribution in [0.5, 0.6) is 0 Å². The van der Waals surface area contributed by atoms with E-state index in [-0.39, 0.29) is 0 Å². The molecule has 1 aromatic carbocycles. The number of nitrogen functional groups attached to an aromatic ring is 1. The first-order chi connectivity index (χ1) is 15.2. The lowest BCUT2D eigenvalue weighted by molar-refractivity contribution is 0.779. The van der Waals surface area contributed by atoms with Gasteiger partial charge in [0.1, 0.15) is 23.8 Å². The van der Waals surface area contributed by atoms with Crippen molar-refractivity contribution in [1.29, 1.82) is 0 Å². The normalized spacial score (nSPS) is 16.3. The van der Waals surface area contributed by atoms with Crippen LogP contribution in [0, 0.1) is 0 Å². The molecular formula is C25H30N6. The van der Waals surface area contributed by atoms with E-state index in [1.165, 1.54) is 34.9 Å². The second-order valence-corrected chi connectivity index (χ2v) is 8.46. The zero-order valence-electron chi connectivity index (χ0n) is 18.4. The van der Waals surface area contributed by atoms with E-state index in [4.69, 9.17) is 10.7 Å². The summed E-state index contributed by atoms with van der Waals surface area (Å²) in [4.78, 5) is 18.9. The highest BCUT2D eigenvalue weighted by molar-refractivity contribution is 5.86. The molecule has 2 aliphatic heterocycles. The number of nitrogens with zero attached hydrogens (tertiary/aromatic N) is 5. The maximum absolute atomic E-state index is 6.35. The number of nitrogens with two attached hydrogens (primary N) is 1. The number of aromatic nitrogens is 3. The molecule has 2 aromatic heterocycles. The second-order valence-electron chi connectivity index (χ2n) is 8.46. The number of rotatable bonds is 5. The molecular weight excluding hydrogens is 384 g/mol. The summed E-state index contributed by atoms with van der Waals surface area (Å²) in [7, 11) is 0. The lowest BCUT2D eigenvalue weighted by Crippen LogP contribution is -2.32. The number of hydrogen-bond donors (Lipinski definition) is 1. The van der Waals surface area contributed by atoms with Crippen LogP contribution < -0.4 is 15.5 Å². The number of allylic oxidation sites excluding steroid dienone is 1. The molecule has 1 saturated heterocycles. The molecule has 1 fully saturated rings. The van der Waals surface area contributed by atoms with Crippen molar-refractivity contribution in [2.75, 3.05) is 35.2 Å². The Bertz CT molecular complexity index is 1150. The summed E-state index contributed by atoms with van der Waals surface area (Å²) in [5, 5.41) is 1.18. The van der Waals surface area contributed by atoms with Crippen molar-refractivity contribution >= 4 is 33.9 Å². The van der Waals surface area contributed by atoms with Crippen LogP contribution in [0.4, 0.5) is 17.5 Å². The maximum Gasteiger partial charge on any atom is 0.142 e. The van der Waals surface area contributed by atoms with Crippen molar-refractivity contribution in [3.8, 4) is 0 Å². The monoisotopic (exact) mass is 414 g/mol. The molecule has 0 atom stereocenters. The molecule has 0 spiro atoms. The highest BCUT2D eigenvalue weighted by atomic mass is 15.2. The van der Waals surface area contributed by atoms with Gasteiger partial charge in [-0.05, 0) is 49.0 Å². The second kappa shape index (κ2) is 8.17. The quantitative estimate of drug-likeness (QED) is 0.647. The van der Waals surface area contributed by atoms with E-state index < -0.39 is 0 Å². The number of fused-ring (bicyclic) bond motifs is 2. The number of hydrogen-bond acceptors (Lipinski definition) is 6. The maximum atomic E-state index is 6.35. The van der Waals surface area contributed by atoms with Gasteiger partial charge in [0.2, 0.25) is 0 Å². The lowest BCUT2D eigenvalue weighted by Gasteiger charge is -2.34. The van der Waals surface area contributed by atoms with Gasteiger partial charge in [-0.15, -0.1) is 0 Å². The van der Waals surface area contributed by atoms with E-state index in [0.29, 0.717) is 5.82 Å². The van der Waals surface area contributed by atoms with E-state index in [1.54, 1.807) is 6.33 Å². The summed E-state index contributed by atoms with van der Waals surface area (Å²) in [6.07, 6.45) is 5.99. The fraction of sp³-hybridized carbons (Fsp3) is 0.400. The molecule has 0 saturated carbocycles. The van der Waals surface area contributed by atoms with E-state index in [0.717, 1.165) is 61.7 Å². The van der Waals surface area contributed by atoms with Crippen molar-refractivity contribution in [3.63, 3.8) is 0 Å². The van der Waals surface area contributed by atoms with Gasteiger partial charge in [-0.3, -0.25) is 0 Å². The van der Waals surface area contributed by atoms with Gasteiger partial charge in [0.25, 0.3) is 0 Å². The van der Waals surface area contributed by atoms with Gasteiger partial charge < -0.3 is 15.5 Å². The van der Waals surface area contributed by atoms with Crippen LogP contribution >= 0.6 is 0 Å². The molecule has 0 amide bonds. The molecule has 2 N–H and O–H groups in total. The molecule has 0 unspecified atom stereocenters. The van der Waals surface area contributed by atoms with Crippen LogP contribution in [0.3, 0.4) is 0 Å². The Morgan fingerprint density at radius 3 is 2.58 bits per heavy atom. The average molecular weight is 415 g/mol. The SMILES string of the molecule is CCC1=C(CC)c2c(N)ncnc2N(Cc2cc3ccccc3nc2N2CCCC2)C1. The van der Waals surface area contributed by atoms with Gasteiger partial charge >= 0.3 is 0 Å².